The van der Waals surface area contributed by atoms with Crippen molar-refractivity contribution in [1.82, 2.24) is 15.1 Å². The van der Waals surface area contributed by atoms with E-state index in [0.717, 1.165) is 33.0 Å². The molecule has 0 unspecified atom stereocenters. The molecule has 9 heteroatoms. The van der Waals surface area contributed by atoms with Crippen LogP contribution in [0.25, 0.3) is 5.69 Å². The van der Waals surface area contributed by atoms with Crippen LogP contribution < -0.4 is 10.1 Å². The molecule has 0 atom stereocenters. The molecule has 6 nitrogen and oxygen atoms in total. The summed E-state index contributed by atoms with van der Waals surface area (Å²) in [6.07, 6.45) is 1.84. The van der Waals surface area contributed by atoms with Crippen molar-refractivity contribution in [3.8, 4) is 11.4 Å². The zero-order valence-corrected chi connectivity index (χ0v) is 22.5. The monoisotopic (exact) mass is 543 g/mol. The molecule has 0 aliphatic heterocycles. The Morgan fingerprint density at radius 1 is 1.14 bits per heavy atom. The SMILES string of the molecule is Cc1cc(OCc2c(C(C)C)cnn2-c2c(Cl)cccc2Cl)ccc1CNCc1ccc(C(=O)O)s1. The maximum absolute atomic E-state index is 11.0. The van der Waals surface area contributed by atoms with E-state index in [1.165, 1.54) is 11.3 Å². The molecule has 0 saturated heterocycles. The summed E-state index contributed by atoms with van der Waals surface area (Å²) in [5, 5.41) is 18.1. The number of aromatic nitrogens is 2. The molecule has 0 radical (unpaired) electrons. The molecule has 4 rings (SSSR count). The van der Waals surface area contributed by atoms with Crippen LogP contribution in [0.4, 0.5) is 0 Å². The maximum Gasteiger partial charge on any atom is 0.345 e. The van der Waals surface area contributed by atoms with Crippen molar-refractivity contribution in [2.75, 3.05) is 0 Å². The second-order valence-electron chi connectivity index (χ2n) is 8.74. The van der Waals surface area contributed by atoms with Gasteiger partial charge in [0.2, 0.25) is 0 Å². The molecule has 2 aromatic heterocycles. The maximum atomic E-state index is 11.0. The first-order chi connectivity index (χ1) is 17.2. The van der Waals surface area contributed by atoms with Gasteiger partial charge >= 0.3 is 5.97 Å². The molecule has 4 aromatic rings. The van der Waals surface area contributed by atoms with Crippen LogP contribution in [0.15, 0.2) is 54.7 Å². The van der Waals surface area contributed by atoms with E-state index in [9.17, 15) is 4.79 Å². The number of carbonyl (C=O) groups is 1. The van der Waals surface area contributed by atoms with Gasteiger partial charge in [0, 0.05) is 18.0 Å². The van der Waals surface area contributed by atoms with E-state index >= 15 is 0 Å². The van der Waals surface area contributed by atoms with Crippen LogP contribution in [0.5, 0.6) is 5.75 Å². The lowest BCUT2D eigenvalue weighted by molar-refractivity contribution is 0.0702. The number of nitrogens with one attached hydrogen (secondary N) is 1. The number of carboxylic acids is 1. The molecule has 0 aliphatic carbocycles. The summed E-state index contributed by atoms with van der Waals surface area (Å²) >= 11 is 14.2. The predicted octanol–water partition coefficient (Wildman–Crippen LogP) is 7.24. The van der Waals surface area contributed by atoms with Crippen molar-refractivity contribution < 1.29 is 14.6 Å². The molecule has 36 heavy (non-hydrogen) atoms. The Balaban J connectivity index is 1.45. The zero-order valence-electron chi connectivity index (χ0n) is 20.2. The number of halogens is 2. The third kappa shape index (κ3) is 5.93. The number of aromatic carboxylic acids is 1. The van der Waals surface area contributed by atoms with Gasteiger partial charge in [-0.05, 0) is 65.9 Å². The van der Waals surface area contributed by atoms with Gasteiger partial charge in [0.1, 0.15) is 22.9 Å². The number of nitrogens with zero attached hydrogens (tertiary/aromatic N) is 2. The average molecular weight is 545 g/mol. The number of benzene rings is 2. The number of hydrogen-bond acceptors (Lipinski definition) is 5. The van der Waals surface area contributed by atoms with Gasteiger partial charge in [-0.2, -0.15) is 5.10 Å². The van der Waals surface area contributed by atoms with Crippen LogP contribution in [0, 0.1) is 6.92 Å². The van der Waals surface area contributed by atoms with Crippen LogP contribution in [-0.4, -0.2) is 20.9 Å². The summed E-state index contributed by atoms with van der Waals surface area (Å²) in [4.78, 5) is 12.4. The van der Waals surface area contributed by atoms with Crippen LogP contribution in [0.1, 0.15) is 56.7 Å². The van der Waals surface area contributed by atoms with E-state index in [1.807, 2.05) is 43.5 Å². The molecule has 2 heterocycles. The van der Waals surface area contributed by atoms with Gasteiger partial charge in [-0.15, -0.1) is 11.3 Å². The van der Waals surface area contributed by atoms with Gasteiger partial charge in [0.25, 0.3) is 0 Å². The molecule has 0 amide bonds. The molecular formula is C27H27Cl2N3O3S. The number of aryl methyl sites for hydroxylation is 1. The second-order valence-corrected chi connectivity index (χ2v) is 10.7. The lowest BCUT2D eigenvalue weighted by Gasteiger charge is -2.15. The van der Waals surface area contributed by atoms with E-state index in [-0.39, 0.29) is 5.92 Å². The summed E-state index contributed by atoms with van der Waals surface area (Å²) in [6.45, 7) is 7.87. The molecule has 0 fully saturated rings. The quantitative estimate of drug-likeness (QED) is 0.220. The van der Waals surface area contributed by atoms with Crippen molar-refractivity contribution in [1.29, 1.82) is 0 Å². The summed E-state index contributed by atoms with van der Waals surface area (Å²) in [5.74, 6) is 0.119. The van der Waals surface area contributed by atoms with E-state index in [1.54, 1.807) is 22.9 Å². The first kappa shape index (κ1) is 26.2. The number of thiophene rings is 1. The van der Waals surface area contributed by atoms with Crippen LogP contribution in [0.2, 0.25) is 10.0 Å². The van der Waals surface area contributed by atoms with E-state index in [2.05, 4.69) is 24.3 Å². The fourth-order valence-electron chi connectivity index (χ4n) is 3.91. The van der Waals surface area contributed by atoms with E-state index < -0.39 is 5.97 Å². The Morgan fingerprint density at radius 2 is 1.89 bits per heavy atom. The molecular weight excluding hydrogens is 517 g/mol. The Hall–Kier alpha value is -2.84. The molecule has 188 valence electrons. The highest BCUT2D eigenvalue weighted by molar-refractivity contribution is 7.13. The first-order valence-corrected chi connectivity index (χ1v) is 13.1. The highest BCUT2D eigenvalue weighted by Gasteiger charge is 2.19. The lowest BCUT2D eigenvalue weighted by Crippen LogP contribution is -2.13. The number of rotatable bonds is 10. The molecule has 0 aliphatic rings. The van der Waals surface area contributed by atoms with Crippen molar-refractivity contribution >= 4 is 40.5 Å². The van der Waals surface area contributed by atoms with Crippen molar-refractivity contribution in [2.45, 2.75) is 46.4 Å². The minimum atomic E-state index is -0.892. The van der Waals surface area contributed by atoms with Gasteiger partial charge in [-0.1, -0.05) is 49.2 Å². The normalized spacial score (nSPS) is 11.3. The number of carboxylic acid groups (broad SMARTS) is 1. The lowest BCUT2D eigenvalue weighted by atomic mass is 10.0. The smallest absolute Gasteiger partial charge is 0.345 e. The minimum absolute atomic E-state index is 0.253. The summed E-state index contributed by atoms with van der Waals surface area (Å²) in [6, 6.07) is 14.9. The van der Waals surface area contributed by atoms with Crippen LogP contribution in [0.3, 0.4) is 0 Å². The van der Waals surface area contributed by atoms with Gasteiger partial charge < -0.3 is 15.2 Å². The summed E-state index contributed by atoms with van der Waals surface area (Å²) in [5.41, 5.74) is 4.87. The highest BCUT2D eigenvalue weighted by Crippen LogP contribution is 2.32. The number of ether oxygens (including phenoxy) is 1. The van der Waals surface area contributed by atoms with Gasteiger partial charge in [0.05, 0.1) is 21.9 Å². The van der Waals surface area contributed by atoms with Crippen molar-refractivity contribution in [3.63, 3.8) is 0 Å². The molecule has 0 spiro atoms. The largest absolute Gasteiger partial charge is 0.487 e. The van der Waals surface area contributed by atoms with Gasteiger partial charge in [0.15, 0.2) is 0 Å². The zero-order chi connectivity index (χ0) is 25.8. The minimum Gasteiger partial charge on any atom is -0.487 e. The standard InChI is InChI=1S/C27H27Cl2N3O3S/c1-16(2)21-14-31-32(26-22(28)5-4-6-23(26)29)24(21)15-35-19-8-7-18(17(3)11-19)12-30-13-20-9-10-25(36-20)27(33)34/h4-11,14,16,30H,12-13,15H2,1-3H3,(H,33,34). The third-order valence-electron chi connectivity index (χ3n) is 5.85. The average Bonchev–Trinajstić information content (AvgIpc) is 3.47. The molecule has 0 saturated carbocycles. The fraction of sp³-hybridized carbons (Fsp3) is 0.259. The number of para-hydroxylation sites is 1. The second kappa shape index (κ2) is 11.5. The Bertz CT molecular complexity index is 1360. The molecule has 2 N–H and O–H groups in total. The topological polar surface area (TPSA) is 76.4 Å². The third-order valence-corrected chi connectivity index (χ3v) is 7.53. The molecule has 0 bridgehead atoms. The highest BCUT2D eigenvalue weighted by atomic mass is 35.5. The van der Waals surface area contributed by atoms with Crippen molar-refractivity contribution in [3.05, 3.63) is 96.9 Å². The predicted molar refractivity (Wildman–Crippen MR) is 145 cm³/mol. The summed E-state index contributed by atoms with van der Waals surface area (Å²) < 4.78 is 7.97. The van der Waals surface area contributed by atoms with E-state index in [4.69, 9.17) is 33.0 Å². The Morgan fingerprint density at radius 3 is 2.53 bits per heavy atom. The fourth-order valence-corrected chi connectivity index (χ4v) is 5.29. The number of hydrogen-bond donors (Lipinski definition) is 2. The first-order valence-electron chi connectivity index (χ1n) is 11.5. The van der Waals surface area contributed by atoms with Crippen LogP contribution >= 0.6 is 34.5 Å². The Labute approximate surface area is 224 Å². The Kier molecular flexibility index (Phi) is 8.36. The summed E-state index contributed by atoms with van der Waals surface area (Å²) in [7, 11) is 0. The van der Waals surface area contributed by atoms with Crippen LogP contribution in [-0.2, 0) is 19.7 Å². The van der Waals surface area contributed by atoms with E-state index in [0.29, 0.717) is 40.3 Å². The van der Waals surface area contributed by atoms with Gasteiger partial charge in [-0.25, -0.2) is 9.48 Å². The van der Waals surface area contributed by atoms with Gasteiger partial charge in [-0.3, -0.25) is 0 Å². The molecule has 2 aromatic carbocycles. The van der Waals surface area contributed by atoms with Crippen molar-refractivity contribution in [2.24, 2.45) is 0 Å².